The first kappa shape index (κ1) is 20.2. The fraction of sp³-hybridized carbons (Fsp3) is 0.444. The van der Waals surface area contributed by atoms with Crippen LogP contribution in [0.5, 0.6) is 5.75 Å². The van der Waals surface area contributed by atoms with Gasteiger partial charge < -0.3 is 19.9 Å². The number of amides is 1. The molecule has 142 valence electrons. The number of imidazole rings is 1. The third kappa shape index (κ3) is 4.97. The third-order valence-electron chi connectivity index (χ3n) is 4.51. The average molecular weight is 380 g/mol. The summed E-state index contributed by atoms with van der Waals surface area (Å²) in [4.78, 5) is 19.0. The number of hydrogen-bond acceptors (Lipinski definition) is 5. The number of piperazine rings is 1. The number of aromatic nitrogens is 2. The number of halogens is 1. The predicted octanol–water partition coefficient (Wildman–Crippen LogP) is 1.11. The molecule has 1 amide bonds. The Bertz CT molecular complexity index is 704. The molecule has 0 saturated carbocycles. The second kappa shape index (κ2) is 9.56. The van der Waals surface area contributed by atoms with E-state index in [4.69, 9.17) is 4.74 Å². The minimum Gasteiger partial charge on any atom is -0.497 e. The van der Waals surface area contributed by atoms with Gasteiger partial charge in [0.25, 0.3) is 0 Å². The Kier molecular flexibility index (Phi) is 7.44. The van der Waals surface area contributed by atoms with Gasteiger partial charge >= 0.3 is 0 Å². The molecular formula is C18H26ClN5O2. The smallest absolute Gasteiger partial charge is 0.234 e. The normalized spacial score (nSPS) is 17.4. The molecule has 1 fully saturated rings. The third-order valence-corrected chi connectivity index (χ3v) is 4.51. The number of carbonyl (C=O) groups excluding carboxylic acids is 1. The predicted molar refractivity (Wildman–Crippen MR) is 102 cm³/mol. The Hall–Kier alpha value is -2.09. The first-order chi connectivity index (χ1) is 12.2. The zero-order chi connectivity index (χ0) is 17.6. The van der Waals surface area contributed by atoms with E-state index in [2.05, 4.69) is 20.5 Å². The Morgan fingerprint density at radius 2 is 2.15 bits per heavy atom. The van der Waals surface area contributed by atoms with Crippen LogP contribution in [0.3, 0.4) is 0 Å². The van der Waals surface area contributed by atoms with Gasteiger partial charge in [-0.3, -0.25) is 9.69 Å². The number of nitrogens with one attached hydrogen (secondary N) is 2. The Labute approximate surface area is 160 Å². The van der Waals surface area contributed by atoms with Crippen molar-refractivity contribution in [2.45, 2.75) is 12.6 Å². The molecule has 1 atom stereocenters. The monoisotopic (exact) mass is 379 g/mol. The number of benzene rings is 1. The van der Waals surface area contributed by atoms with Gasteiger partial charge in [-0.1, -0.05) is 12.1 Å². The highest BCUT2D eigenvalue weighted by atomic mass is 35.5. The summed E-state index contributed by atoms with van der Waals surface area (Å²) in [6.07, 6.45) is 3.73. The molecule has 0 aliphatic carbocycles. The summed E-state index contributed by atoms with van der Waals surface area (Å²) < 4.78 is 7.16. The minimum absolute atomic E-state index is 0. The standard InChI is InChI=1S/C18H25N5O2.ClH/c1-22-9-8-20-18(22)16-12-19-7-10-23(16)13-17(24)21-11-14-3-5-15(25-2)6-4-14;/h3-6,8-9,16,19H,7,10-13H2,1-2H3,(H,21,24);1H. The number of aryl methyl sites for hydroxylation is 1. The maximum atomic E-state index is 12.4. The van der Waals surface area contributed by atoms with Gasteiger partial charge in [0.1, 0.15) is 11.6 Å². The van der Waals surface area contributed by atoms with Crippen LogP contribution in [0.4, 0.5) is 0 Å². The molecule has 2 heterocycles. The van der Waals surface area contributed by atoms with E-state index < -0.39 is 0 Å². The van der Waals surface area contributed by atoms with Gasteiger partial charge in [-0.25, -0.2) is 4.98 Å². The summed E-state index contributed by atoms with van der Waals surface area (Å²) in [6.45, 7) is 3.40. The molecule has 1 aliphatic rings. The number of ether oxygens (including phenoxy) is 1. The summed E-state index contributed by atoms with van der Waals surface area (Å²) in [5.74, 6) is 1.82. The molecule has 1 unspecified atom stereocenters. The Morgan fingerprint density at radius 1 is 1.38 bits per heavy atom. The van der Waals surface area contributed by atoms with E-state index in [1.54, 1.807) is 13.3 Å². The second-order valence-corrected chi connectivity index (χ2v) is 6.21. The lowest BCUT2D eigenvalue weighted by Gasteiger charge is -2.35. The first-order valence-corrected chi connectivity index (χ1v) is 8.49. The number of methoxy groups -OCH3 is 1. The molecular weight excluding hydrogens is 354 g/mol. The average Bonchev–Trinajstić information content (AvgIpc) is 3.07. The second-order valence-electron chi connectivity index (χ2n) is 6.21. The van der Waals surface area contributed by atoms with Crippen molar-refractivity contribution >= 4 is 18.3 Å². The summed E-state index contributed by atoms with van der Waals surface area (Å²) in [5.41, 5.74) is 1.05. The highest BCUT2D eigenvalue weighted by Crippen LogP contribution is 2.19. The van der Waals surface area contributed by atoms with Crippen molar-refractivity contribution in [3.63, 3.8) is 0 Å². The summed E-state index contributed by atoms with van der Waals surface area (Å²) in [6, 6.07) is 7.82. The number of hydrogen-bond donors (Lipinski definition) is 2. The van der Waals surface area contributed by atoms with E-state index in [0.717, 1.165) is 36.8 Å². The quantitative estimate of drug-likeness (QED) is 0.786. The lowest BCUT2D eigenvalue weighted by Crippen LogP contribution is -2.50. The van der Waals surface area contributed by atoms with Crippen molar-refractivity contribution in [2.75, 3.05) is 33.3 Å². The van der Waals surface area contributed by atoms with Gasteiger partial charge in [-0.2, -0.15) is 0 Å². The summed E-state index contributed by atoms with van der Waals surface area (Å²) in [7, 11) is 3.63. The molecule has 1 aromatic carbocycles. The topological polar surface area (TPSA) is 71.4 Å². The van der Waals surface area contributed by atoms with Crippen molar-refractivity contribution in [1.82, 2.24) is 25.1 Å². The molecule has 2 N–H and O–H groups in total. The molecule has 7 nitrogen and oxygen atoms in total. The Balaban J connectivity index is 0.00000243. The molecule has 2 aromatic rings. The van der Waals surface area contributed by atoms with Crippen molar-refractivity contribution in [1.29, 1.82) is 0 Å². The van der Waals surface area contributed by atoms with Crippen LogP contribution in [0.2, 0.25) is 0 Å². The maximum absolute atomic E-state index is 12.4. The van der Waals surface area contributed by atoms with Crippen LogP contribution < -0.4 is 15.4 Å². The number of carbonyl (C=O) groups is 1. The van der Waals surface area contributed by atoms with Crippen LogP contribution in [0.15, 0.2) is 36.7 Å². The lowest BCUT2D eigenvalue weighted by atomic mass is 10.1. The minimum atomic E-state index is 0. The molecule has 8 heteroatoms. The maximum Gasteiger partial charge on any atom is 0.234 e. The molecule has 0 bridgehead atoms. The van der Waals surface area contributed by atoms with Gasteiger partial charge in [0.2, 0.25) is 5.91 Å². The van der Waals surface area contributed by atoms with E-state index in [1.807, 2.05) is 42.1 Å². The molecule has 3 rings (SSSR count). The van der Waals surface area contributed by atoms with Gasteiger partial charge in [0.05, 0.1) is 19.7 Å². The molecule has 1 saturated heterocycles. The molecule has 1 aromatic heterocycles. The van der Waals surface area contributed by atoms with Crippen molar-refractivity contribution in [3.8, 4) is 5.75 Å². The van der Waals surface area contributed by atoms with Crippen LogP contribution in [-0.2, 0) is 18.4 Å². The van der Waals surface area contributed by atoms with Gasteiger partial charge in [0, 0.05) is 45.6 Å². The fourth-order valence-corrected chi connectivity index (χ4v) is 3.07. The van der Waals surface area contributed by atoms with Crippen molar-refractivity contribution in [3.05, 3.63) is 48.0 Å². The van der Waals surface area contributed by atoms with E-state index in [-0.39, 0.29) is 24.4 Å². The summed E-state index contributed by atoms with van der Waals surface area (Å²) in [5, 5.41) is 6.38. The summed E-state index contributed by atoms with van der Waals surface area (Å²) >= 11 is 0. The van der Waals surface area contributed by atoms with Crippen LogP contribution in [0.25, 0.3) is 0 Å². The number of rotatable bonds is 6. The van der Waals surface area contributed by atoms with E-state index in [0.29, 0.717) is 13.1 Å². The molecule has 1 aliphatic heterocycles. The van der Waals surface area contributed by atoms with Crippen molar-refractivity contribution < 1.29 is 9.53 Å². The van der Waals surface area contributed by atoms with Gasteiger partial charge in [-0.15, -0.1) is 12.4 Å². The van der Waals surface area contributed by atoms with Crippen LogP contribution in [0.1, 0.15) is 17.4 Å². The van der Waals surface area contributed by atoms with E-state index >= 15 is 0 Å². The lowest BCUT2D eigenvalue weighted by molar-refractivity contribution is -0.123. The first-order valence-electron chi connectivity index (χ1n) is 8.49. The zero-order valence-corrected chi connectivity index (χ0v) is 16.0. The largest absolute Gasteiger partial charge is 0.497 e. The van der Waals surface area contributed by atoms with Crippen molar-refractivity contribution in [2.24, 2.45) is 7.05 Å². The van der Waals surface area contributed by atoms with Crippen LogP contribution >= 0.6 is 12.4 Å². The zero-order valence-electron chi connectivity index (χ0n) is 15.1. The Morgan fingerprint density at radius 3 is 2.81 bits per heavy atom. The highest BCUT2D eigenvalue weighted by Gasteiger charge is 2.28. The molecule has 0 radical (unpaired) electrons. The van der Waals surface area contributed by atoms with Gasteiger partial charge in [-0.05, 0) is 17.7 Å². The molecule has 0 spiro atoms. The molecule has 26 heavy (non-hydrogen) atoms. The SMILES string of the molecule is COc1ccc(CNC(=O)CN2CCNCC2c2nccn2C)cc1.Cl. The van der Waals surface area contributed by atoms with E-state index in [1.165, 1.54) is 0 Å². The highest BCUT2D eigenvalue weighted by molar-refractivity contribution is 5.85. The fourth-order valence-electron chi connectivity index (χ4n) is 3.07. The number of nitrogens with zero attached hydrogens (tertiary/aromatic N) is 3. The van der Waals surface area contributed by atoms with Gasteiger partial charge in [0.15, 0.2) is 0 Å². The van der Waals surface area contributed by atoms with Crippen LogP contribution in [-0.4, -0.2) is 53.6 Å². The van der Waals surface area contributed by atoms with E-state index in [9.17, 15) is 4.79 Å². The van der Waals surface area contributed by atoms with Crippen LogP contribution in [0, 0.1) is 0 Å².